The molecule has 0 bridgehead atoms. The highest BCUT2D eigenvalue weighted by Crippen LogP contribution is 2.28. The Balaban J connectivity index is 1.58. The highest BCUT2D eigenvalue weighted by molar-refractivity contribution is 7.86. The Labute approximate surface area is 190 Å². The van der Waals surface area contributed by atoms with E-state index < -0.39 is 10.1 Å². The molecule has 0 spiro atoms. The summed E-state index contributed by atoms with van der Waals surface area (Å²) >= 11 is 0. The van der Waals surface area contributed by atoms with Crippen LogP contribution in [0.5, 0.6) is 0 Å². The second-order valence-electron chi connectivity index (χ2n) is 8.95. The Bertz CT molecular complexity index is 858. The zero-order valence-corrected chi connectivity index (χ0v) is 20.3. The molecule has 0 atom stereocenters. The maximum absolute atomic E-state index is 12.0. The normalized spacial score (nSPS) is 11.9. The molecule has 2 rings (SSSR count). The Hall–Kier alpha value is -1.39. The van der Waals surface area contributed by atoms with Crippen molar-refractivity contribution in [3.05, 3.63) is 42.0 Å². The van der Waals surface area contributed by atoms with Crippen molar-refractivity contribution in [1.29, 1.82) is 0 Å². The van der Waals surface area contributed by atoms with Crippen LogP contribution in [-0.4, -0.2) is 13.0 Å². The molecule has 0 fully saturated rings. The first-order valence-corrected chi connectivity index (χ1v) is 14.0. The van der Waals surface area contributed by atoms with Gasteiger partial charge in [-0.25, -0.2) is 0 Å². The molecule has 174 valence electrons. The molecule has 0 saturated carbocycles. The van der Waals surface area contributed by atoms with Gasteiger partial charge >= 0.3 is 0 Å². The third-order valence-electron chi connectivity index (χ3n) is 6.27. The van der Waals surface area contributed by atoms with Gasteiger partial charge in [-0.15, -0.1) is 0 Å². The molecule has 1 N–H and O–H groups in total. The first-order chi connectivity index (χ1) is 15.0. The van der Waals surface area contributed by atoms with Gasteiger partial charge in [-0.2, -0.15) is 8.42 Å². The number of unbranched alkanes of at least 4 members (excludes halogenated alkanes) is 14. The van der Waals surface area contributed by atoms with Crippen LogP contribution < -0.4 is 0 Å². The standard InChI is InChI=1S/C27H42O3S/c1-2-3-4-5-6-7-8-9-10-11-12-13-14-15-16-20-25-23-22-24-19-17-18-21-26(24)27(25)31(28,29)30/h17-19,21-23H,2-16,20H2,1H3,(H,28,29,30). The minimum Gasteiger partial charge on any atom is -0.282 e. The molecule has 2 aromatic rings. The molecule has 0 heterocycles. The Morgan fingerprint density at radius 1 is 0.645 bits per heavy atom. The van der Waals surface area contributed by atoms with Crippen molar-refractivity contribution >= 4 is 20.9 Å². The summed E-state index contributed by atoms with van der Waals surface area (Å²) in [7, 11) is -4.23. The molecule has 0 radical (unpaired) electrons. The minimum absolute atomic E-state index is 0.0935. The van der Waals surface area contributed by atoms with Crippen molar-refractivity contribution in [2.75, 3.05) is 0 Å². The van der Waals surface area contributed by atoms with E-state index in [1.54, 1.807) is 6.07 Å². The summed E-state index contributed by atoms with van der Waals surface area (Å²) in [6, 6.07) is 11.1. The summed E-state index contributed by atoms with van der Waals surface area (Å²) in [6.07, 6.45) is 20.4. The van der Waals surface area contributed by atoms with E-state index in [9.17, 15) is 13.0 Å². The monoisotopic (exact) mass is 446 g/mol. The fourth-order valence-electron chi connectivity index (χ4n) is 4.48. The first-order valence-electron chi connectivity index (χ1n) is 12.5. The number of benzene rings is 2. The molecule has 31 heavy (non-hydrogen) atoms. The SMILES string of the molecule is CCCCCCCCCCCCCCCCCc1ccc2ccccc2c1S(=O)(=O)O. The number of aryl methyl sites for hydroxylation is 1. The third-order valence-corrected chi connectivity index (χ3v) is 7.27. The van der Waals surface area contributed by atoms with Crippen LogP contribution in [0.1, 0.15) is 109 Å². The van der Waals surface area contributed by atoms with Gasteiger partial charge < -0.3 is 0 Å². The lowest BCUT2D eigenvalue weighted by Gasteiger charge is -2.11. The zero-order valence-electron chi connectivity index (χ0n) is 19.4. The molecule has 0 amide bonds. The van der Waals surface area contributed by atoms with E-state index in [0.29, 0.717) is 11.8 Å². The lowest BCUT2D eigenvalue weighted by molar-refractivity contribution is 0.482. The minimum atomic E-state index is -4.23. The fourth-order valence-corrected chi connectivity index (χ4v) is 5.44. The molecule has 2 aromatic carbocycles. The molecule has 0 aromatic heterocycles. The van der Waals surface area contributed by atoms with Crippen LogP contribution in [0.25, 0.3) is 10.8 Å². The Kier molecular flexibility index (Phi) is 12.2. The van der Waals surface area contributed by atoms with E-state index in [4.69, 9.17) is 0 Å². The van der Waals surface area contributed by atoms with Crippen molar-refractivity contribution in [1.82, 2.24) is 0 Å². The summed E-state index contributed by atoms with van der Waals surface area (Å²) in [4.78, 5) is 0.0935. The predicted octanol–water partition coefficient (Wildman–Crippen LogP) is 8.50. The number of rotatable bonds is 17. The van der Waals surface area contributed by atoms with Crippen molar-refractivity contribution in [3.63, 3.8) is 0 Å². The lowest BCUT2D eigenvalue weighted by Crippen LogP contribution is -2.04. The van der Waals surface area contributed by atoms with E-state index >= 15 is 0 Å². The van der Waals surface area contributed by atoms with E-state index in [1.165, 1.54) is 83.5 Å². The second kappa shape index (κ2) is 14.6. The first kappa shape index (κ1) is 25.9. The van der Waals surface area contributed by atoms with Crippen LogP contribution in [0.15, 0.2) is 41.3 Å². The summed E-state index contributed by atoms with van der Waals surface area (Å²) in [5.41, 5.74) is 0.732. The summed E-state index contributed by atoms with van der Waals surface area (Å²) in [6.45, 7) is 2.27. The van der Waals surface area contributed by atoms with Gasteiger partial charge in [0.25, 0.3) is 10.1 Å². The average molecular weight is 447 g/mol. The van der Waals surface area contributed by atoms with Crippen molar-refractivity contribution in [2.24, 2.45) is 0 Å². The van der Waals surface area contributed by atoms with Crippen molar-refractivity contribution in [3.8, 4) is 0 Å². The molecule has 0 aliphatic carbocycles. The number of hydrogen-bond donors (Lipinski definition) is 1. The van der Waals surface area contributed by atoms with Crippen LogP contribution in [0.4, 0.5) is 0 Å². The van der Waals surface area contributed by atoms with Gasteiger partial charge in [-0.05, 0) is 23.8 Å². The molecule has 0 saturated heterocycles. The van der Waals surface area contributed by atoms with E-state index in [-0.39, 0.29) is 4.90 Å². The topological polar surface area (TPSA) is 54.4 Å². The van der Waals surface area contributed by atoms with Gasteiger partial charge in [0.05, 0.1) is 0 Å². The Morgan fingerprint density at radius 3 is 1.65 bits per heavy atom. The van der Waals surface area contributed by atoms with Crippen LogP contribution in [0.3, 0.4) is 0 Å². The number of fused-ring (bicyclic) bond motifs is 1. The van der Waals surface area contributed by atoms with Crippen LogP contribution >= 0.6 is 0 Å². The van der Waals surface area contributed by atoms with Crippen LogP contribution in [0.2, 0.25) is 0 Å². The van der Waals surface area contributed by atoms with E-state index in [2.05, 4.69) is 6.92 Å². The summed E-state index contributed by atoms with van der Waals surface area (Å²) < 4.78 is 33.7. The van der Waals surface area contributed by atoms with E-state index in [0.717, 1.165) is 23.8 Å². The van der Waals surface area contributed by atoms with Crippen molar-refractivity contribution in [2.45, 2.75) is 115 Å². The van der Waals surface area contributed by atoms with Crippen molar-refractivity contribution < 1.29 is 13.0 Å². The fraction of sp³-hybridized carbons (Fsp3) is 0.630. The summed E-state index contributed by atoms with van der Waals surface area (Å²) in [5.74, 6) is 0. The molecule has 0 aliphatic rings. The molecule has 0 unspecified atom stereocenters. The Morgan fingerprint density at radius 2 is 1.13 bits per heavy atom. The highest BCUT2D eigenvalue weighted by atomic mass is 32.2. The zero-order chi connectivity index (χ0) is 22.4. The van der Waals surface area contributed by atoms with Gasteiger partial charge in [-0.3, -0.25) is 4.55 Å². The quantitative estimate of drug-likeness (QED) is 0.196. The molecular formula is C27H42O3S. The molecule has 4 heteroatoms. The van der Waals surface area contributed by atoms with Gasteiger partial charge in [0.2, 0.25) is 0 Å². The lowest BCUT2D eigenvalue weighted by atomic mass is 10.0. The van der Waals surface area contributed by atoms with Gasteiger partial charge in [0, 0.05) is 5.39 Å². The van der Waals surface area contributed by atoms with E-state index in [1.807, 2.05) is 30.3 Å². The molecule has 0 aliphatic heterocycles. The van der Waals surface area contributed by atoms with Crippen LogP contribution in [0, 0.1) is 0 Å². The predicted molar refractivity (Wildman–Crippen MR) is 132 cm³/mol. The third kappa shape index (κ3) is 9.74. The van der Waals surface area contributed by atoms with Gasteiger partial charge in [-0.1, -0.05) is 133 Å². The maximum Gasteiger partial charge on any atom is 0.295 e. The smallest absolute Gasteiger partial charge is 0.282 e. The van der Waals surface area contributed by atoms with Gasteiger partial charge in [0.15, 0.2) is 0 Å². The molecular weight excluding hydrogens is 404 g/mol. The summed E-state index contributed by atoms with van der Waals surface area (Å²) in [5, 5.41) is 1.46. The average Bonchev–Trinajstić information content (AvgIpc) is 2.75. The second-order valence-corrected chi connectivity index (χ2v) is 10.3. The molecule has 3 nitrogen and oxygen atoms in total. The van der Waals surface area contributed by atoms with Gasteiger partial charge in [0.1, 0.15) is 4.90 Å². The maximum atomic E-state index is 12.0. The van der Waals surface area contributed by atoms with Crippen LogP contribution in [-0.2, 0) is 16.5 Å². The highest BCUT2D eigenvalue weighted by Gasteiger charge is 2.18. The number of hydrogen-bond acceptors (Lipinski definition) is 2. The largest absolute Gasteiger partial charge is 0.295 e.